The lowest BCUT2D eigenvalue weighted by atomic mass is 10.0. The highest BCUT2D eigenvalue weighted by Crippen LogP contribution is 2.37. The van der Waals surface area contributed by atoms with Gasteiger partial charge >= 0.3 is 5.97 Å². The number of allylic oxidation sites excluding steroid dienone is 1. The van der Waals surface area contributed by atoms with Crippen LogP contribution in [0.5, 0.6) is 0 Å². The lowest BCUT2D eigenvalue weighted by Crippen LogP contribution is -2.24. The van der Waals surface area contributed by atoms with Gasteiger partial charge in [-0.25, -0.2) is 4.79 Å². The van der Waals surface area contributed by atoms with Crippen LogP contribution in [0.2, 0.25) is 5.02 Å². The number of carbonyl (C=O) groups excluding carboxylic acids is 2. The summed E-state index contributed by atoms with van der Waals surface area (Å²) in [6.07, 6.45) is 1.80. The topological polar surface area (TPSA) is 51.5 Å². The van der Waals surface area contributed by atoms with E-state index in [1.807, 2.05) is 77.1 Å². The van der Waals surface area contributed by atoms with Crippen molar-refractivity contribution < 1.29 is 14.3 Å². The Balaban J connectivity index is 1.87. The lowest BCUT2D eigenvalue weighted by Gasteiger charge is -2.19. The van der Waals surface area contributed by atoms with Crippen molar-refractivity contribution in [3.05, 3.63) is 98.0 Å². The molecule has 5 nitrogen and oxygen atoms in total. The minimum Gasteiger partial charge on any atom is -0.462 e. The summed E-state index contributed by atoms with van der Waals surface area (Å²) in [5.41, 5.74) is 8.99. The second-order valence-corrected chi connectivity index (χ2v) is 9.68. The van der Waals surface area contributed by atoms with Gasteiger partial charge in [0.2, 0.25) is 0 Å². The van der Waals surface area contributed by atoms with Gasteiger partial charge in [0.25, 0.3) is 5.91 Å². The van der Waals surface area contributed by atoms with Crippen LogP contribution in [0.1, 0.15) is 47.5 Å². The van der Waals surface area contributed by atoms with E-state index in [9.17, 15) is 9.59 Å². The molecule has 186 valence electrons. The largest absolute Gasteiger partial charge is 0.462 e. The number of rotatable bonds is 5. The average molecular weight is 503 g/mol. The van der Waals surface area contributed by atoms with Gasteiger partial charge in [0, 0.05) is 33.5 Å². The molecule has 1 amide bonds. The van der Waals surface area contributed by atoms with Crippen molar-refractivity contribution in [1.82, 2.24) is 4.57 Å². The van der Waals surface area contributed by atoms with Crippen LogP contribution < -0.4 is 4.90 Å². The van der Waals surface area contributed by atoms with Crippen LogP contribution in [0.15, 0.2) is 59.3 Å². The van der Waals surface area contributed by atoms with Gasteiger partial charge in [-0.15, -0.1) is 0 Å². The van der Waals surface area contributed by atoms with Crippen molar-refractivity contribution in [2.75, 3.05) is 11.5 Å². The first-order valence-electron chi connectivity index (χ1n) is 12.0. The predicted octanol–water partition coefficient (Wildman–Crippen LogP) is 6.94. The first-order valence-corrected chi connectivity index (χ1v) is 12.4. The molecule has 0 fully saturated rings. The number of halogens is 1. The predicted molar refractivity (Wildman–Crippen MR) is 146 cm³/mol. The average Bonchev–Trinajstić information content (AvgIpc) is 3.23. The quantitative estimate of drug-likeness (QED) is 0.280. The van der Waals surface area contributed by atoms with E-state index < -0.39 is 5.97 Å². The molecule has 2 aromatic carbocycles. The van der Waals surface area contributed by atoms with E-state index in [4.69, 9.17) is 16.3 Å². The Bertz CT molecular complexity index is 1460. The molecule has 36 heavy (non-hydrogen) atoms. The molecule has 0 bridgehead atoms. The number of esters is 1. The lowest BCUT2D eigenvalue weighted by molar-refractivity contribution is -0.138. The molecule has 0 saturated heterocycles. The highest BCUT2D eigenvalue weighted by atomic mass is 35.5. The molecule has 6 heteroatoms. The number of aryl methyl sites for hydroxylation is 4. The Morgan fingerprint density at radius 1 is 0.944 bits per heavy atom. The van der Waals surface area contributed by atoms with Crippen LogP contribution in [0, 0.1) is 34.6 Å². The van der Waals surface area contributed by atoms with Gasteiger partial charge in [-0.3, -0.25) is 9.69 Å². The van der Waals surface area contributed by atoms with E-state index in [0.717, 1.165) is 45.0 Å². The summed E-state index contributed by atoms with van der Waals surface area (Å²) in [5, 5.41) is 0.654. The SMILES string of the molecule is CCOC(=O)C1=C(C)N(c2ccc(C)c(C)c2)C(=O)/C1=C\c1cc(C)n(-c2cc(Cl)ccc2C)c1C. The van der Waals surface area contributed by atoms with Crippen molar-refractivity contribution in [3.8, 4) is 5.69 Å². The summed E-state index contributed by atoms with van der Waals surface area (Å²) in [6.45, 7) is 13.9. The number of hydrogen-bond donors (Lipinski definition) is 0. The highest BCUT2D eigenvalue weighted by Gasteiger charge is 2.38. The molecule has 3 aromatic rings. The van der Waals surface area contributed by atoms with Gasteiger partial charge in [-0.2, -0.15) is 0 Å². The zero-order valence-corrected chi connectivity index (χ0v) is 22.6. The van der Waals surface area contributed by atoms with Gasteiger partial charge in [0.05, 0.1) is 17.8 Å². The van der Waals surface area contributed by atoms with E-state index in [1.165, 1.54) is 0 Å². The van der Waals surface area contributed by atoms with Gasteiger partial charge in [0.15, 0.2) is 0 Å². The number of nitrogens with zero attached hydrogens (tertiary/aromatic N) is 2. The number of carbonyl (C=O) groups is 2. The third kappa shape index (κ3) is 4.40. The van der Waals surface area contributed by atoms with Gasteiger partial charge in [0.1, 0.15) is 0 Å². The number of aromatic nitrogens is 1. The smallest absolute Gasteiger partial charge is 0.340 e. The number of anilines is 1. The summed E-state index contributed by atoms with van der Waals surface area (Å²) < 4.78 is 7.48. The molecule has 2 heterocycles. The zero-order valence-electron chi connectivity index (χ0n) is 21.8. The molecule has 0 saturated carbocycles. The normalized spacial score (nSPS) is 14.8. The molecule has 1 aliphatic rings. The number of amides is 1. The van der Waals surface area contributed by atoms with Crippen LogP contribution in [0.3, 0.4) is 0 Å². The molecule has 4 rings (SSSR count). The van der Waals surface area contributed by atoms with Crippen LogP contribution in [0.4, 0.5) is 5.69 Å². The molecule has 0 atom stereocenters. The highest BCUT2D eigenvalue weighted by molar-refractivity contribution is 6.30. The van der Waals surface area contributed by atoms with E-state index in [-0.39, 0.29) is 12.5 Å². The molecular formula is C30H31ClN2O3. The van der Waals surface area contributed by atoms with Gasteiger partial charge in [-0.1, -0.05) is 23.7 Å². The van der Waals surface area contributed by atoms with Crippen molar-refractivity contribution in [1.29, 1.82) is 0 Å². The van der Waals surface area contributed by atoms with Crippen molar-refractivity contribution in [3.63, 3.8) is 0 Å². The van der Waals surface area contributed by atoms with E-state index in [1.54, 1.807) is 24.8 Å². The number of ether oxygens (including phenoxy) is 1. The van der Waals surface area contributed by atoms with Crippen molar-refractivity contribution in [2.24, 2.45) is 0 Å². The first kappa shape index (κ1) is 25.5. The summed E-state index contributed by atoms with van der Waals surface area (Å²) in [5.74, 6) is -0.747. The number of hydrogen-bond acceptors (Lipinski definition) is 3. The Hall–Kier alpha value is -3.57. The second-order valence-electron chi connectivity index (χ2n) is 9.24. The van der Waals surface area contributed by atoms with E-state index >= 15 is 0 Å². The Labute approximate surface area is 217 Å². The Morgan fingerprint density at radius 3 is 2.31 bits per heavy atom. The maximum atomic E-state index is 13.8. The minimum atomic E-state index is -0.500. The Kier molecular flexibility index (Phi) is 6.96. The fourth-order valence-corrected chi connectivity index (χ4v) is 4.91. The third-order valence-electron chi connectivity index (χ3n) is 6.81. The fourth-order valence-electron chi connectivity index (χ4n) is 4.74. The van der Waals surface area contributed by atoms with E-state index in [2.05, 4.69) is 4.57 Å². The molecule has 0 aliphatic carbocycles. The molecular weight excluding hydrogens is 472 g/mol. The summed E-state index contributed by atoms with van der Waals surface area (Å²) in [6, 6.07) is 13.7. The third-order valence-corrected chi connectivity index (χ3v) is 7.05. The Morgan fingerprint density at radius 2 is 1.64 bits per heavy atom. The first-order chi connectivity index (χ1) is 17.0. The molecule has 1 aliphatic heterocycles. The van der Waals surface area contributed by atoms with Crippen LogP contribution in [-0.2, 0) is 14.3 Å². The zero-order chi connectivity index (χ0) is 26.3. The molecule has 1 aromatic heterocycles. The van der Waals surface area contributed by atoms with Crippen molar-refractivity contribution in [2.45, 2.75) is 48.5 Å². The molecule has 0 unspecified atom stereocenters. The minimum absolute atomic E-state index is 0.225. The van der Waals surface area contributed by atoms with Crippen molar-refractivity contribution >= 4 is 35.2 Å². The molecule has 0 N–H and O–H groups in total. The van der Waals surface area contributed by atoms with Gasteiger partial charge < -0.3 is 9.30 Å². The maximum Gasteiger partial charge on any atom is 0.340 e. The monoisotopic (exact) mass is 502 g/mol. The second kappa shape index (κ2) is 9.82. The summed E-state index contributed by atoms with van der Waals surface area (Å²) >= 11 is 6.30. The van der Waals surface area contributed by atoms with Crippen LogP contribution in [-0.4, -0.2) is 23.1 Å². The van der Waals surface area contributed by atoms with Crippen LogP contribution >= 0.6 is 11.6 Å². The van der Waals surface area contributed by atoms with E-state index in [0.29, 0.717) is 21.9 Å². The van der Waals surface area contributed by atoms with Crippen LogP contribution in [0.25, 0.3) is 11.8 Å². The van der Waals surface area contributed by atoms with Gasteiger partial charge in [-0.05, 0) is 107 Å². The molecule has 0 radical (unpaired) electrons. The summed E-state index contributed by atoms with van der Waals surface area (Å²) in [7, 11) is 0. The fraction of sp³-hybridized carbons (Fsp3) is 0.267. The number of benzene rings is 2. The maximum absolute atomic E-state index is 13.8. The molecule has 0 spiro atoms. The summed E-state index contributed by atoms with van der Waals surface area (Å²) in [4.78, 5) is 28.4. The standard InChI is InChI=1S/C30H31ClN2O3/c1-8-36-30(35)28-22(7)33(25-12-10-17(2)19(4)13-25)29(34)26(28)15-23-14-20(5)32(21(23)6)27-16-24(31)11-9-18(27)3/h9-16H,8H2,1-7H3/b26-15-.